The molecule has 0 radical (unpaired) electrons. The van der Waals surface area contributed by atoms with Gasteiger partial charge in [0, 0.05) is 31.5 Å². The van der Waals surface area contributed by atoms with Gasteiger partial charge in [0.15, 0.2) is 0 Å². The molecule has 0 saturated carbocycles. The zero-order valence-corrected chi connectivity index (χ0v) is 14.6. The maximum Gasteiger partial charge on any atom is 0.123 e. The lowest BCUT2D eigenvalue weighted by Gasteiger charge is -2.32. The lowest BCUT2D eigenvalue weighted by atomic mass is 10.1. The minimum atomic E-state index is -0.0503. The maximum atomic E-state index is 5.96. The predicted octanol–water partition coefficient (Wildman–Crippen LogP) is 2.43. The van der Waals surface area contributed by atoms with Crippen LogP contribution in [0.15, 0.2) is 36.4 Å². The highest BCUT2D eigenvalue weighted by Gasteiger charge is 2.24. The highest BCUT2D eigenvalue weighted by Crippen LogP contribution is 2.24. The van der Waals surface area contributed by atoms with Crippen molar-refractivity contribution >= 4 is 16.7 Å². The van der Waals surface area contributed by atoms with Gasteiger partial charge >= 0.3 is 0 Å². The molecule has 1 aliphatic rings. The normalized spacial score (nSPS) is 18.7. The van der Waals surface area contributed by atoms with Gasteiger partial charge in [-0.25, -0.2) is 4.98 Å². The molecule has 1 aliphatic heterocycles. The van der Waals surface area contributed by atoms with Crippen LogP contribution in [-0.2, 0) is 18.3 Å². The van der Waals surface area contributed by atoms with Gasteiger partial charge < -0.3 is 15.0 Å². The third kappa shape index (κ3) is 3.23. The number of benzene rings is 1. The van der Waals surface area contributed by atoms with E-state index in [9.17, 15) is 0 Å². The molecule has 4 rings (SSSR count). The number of aromatic nitrogens is 3. The molecule has 6 nitrogen and oxygen atoms in total. The number of ether oxygens (including phenoxy) is 1. The Morgan fingerprint density at radius 3 is 2.88 bits per heavy atom. The van der Waals surface area contributed by atoms with Gasteiger partial charge in [0.25, 0.3) is 0 Å². The first-order valence-corrected chi connectivity index (χ1v) is 8.58. The molecular weight excluding hydrogens is 314 g/mol. The summed E-state index contributed by atoms with van der Waals surface area (Å²) in [5.41, 5.74) is 10.7. The quantitative estimate of drug-likeness (QED) is 0.795. The fraction of sp³-hybridized carbons (Fsp3) is 0.368. The molecule has 3 heterocycles. The number of fused-ring (bicyclic) bond motifs is 1. The van der Waals surface area contributed by atoms with E-state index in [-0.39, 0.29) is 6.10 Å². The fourth-order valence-corrected chi connectivity index (χ4v) is 3.45. The second kappa shape index (κ2) is 6.46. The Kier molecular flexibility index (Phi) is 4.15. The zero-order chi connectivity index (χ0) is 17.4. The van der Waals surface area contributed by atoms with Gasteiger partial charge in [0.05, 0.1) is 29.9 Å². The van der Waals surface area contributed by atoms with E-state index in [0.717, 1.165) is 53.6 Å². The Balaban J connectivity index is 1.53. The van der Waals surface area contributed by atoms with Crippen molar-refractivity contribution in [3.63, 3.8) is 0 Å². The Bertz CT molecular complexity index is 884. The largest absolute Gasteiger partial charge is 0.399 e. The van der Waals surface area contributed by atoms with E-state index in [1.54, 1.807) is 0 Å². The first kappa shape index (κ1) is 16.1. The van der Waals surface area contributed by atoms with Gasteiger partial charge in [-0.3, -0.25) is 9.88 Å². The smallest absolute Gasteiger partial charge is 0.123 e. The van der Waals surface area contributed by atoms with E-state index in [2.05, 4.69) is 33.6 Å². The average Bonchev–Trinajstić information content (AvgIpc) is 2.91. The summed E-state index contributed by atoms with van der Waals surface area (Å²) in [6, 6.07) is 12.0. The molecule has 1 atom stereocenters. The number of hydrogen-bond donors (Lipinski definition) is 1. The first-order chi connectivity index (χ1) is 12.1. The SMILES string of the molecule is Cc1cc(N)cc([C@H]2CN(Cc3nc4ccccc4n3C)CCO2)n1. The molecule has 6 heteroatoms. The van der Waals surface area contributed by atoms with Crippen molar-refractivity contribution in [1.29, 1.82) is 0 Å². The van der Waals surface area contributed by atoms with Gasteiger partial charge in [0.1, 0.15) is 11.9 Å². The summed E-state index contributed by atoms with van der Waals surface area (Å²) in [5, 5.41) is 0. The van der Waals surface area contributed by atoms with Crippen molar-refractivity contribution in [2.45, 2.75) is 19.6 Å². The van der Waals surface area contributed by atoms with E-state index in [0.29, 0.717) is 6.61 Å². The molecule has 2 N–H and O–H groups in total. The lowest BCUT2D eigenvalue weighted by molar-refractivity contribution is -0.0359. The fourth-order valence-electron chi connectivity index (χ4n) is 3.45. The highest BCUT2D eigenvalue weighted by molar-refractivity contribution is 5.75. The number of morpholine rings is 1. The molecule has 0 bridgehead atoms. The maximum absolute atomic E-state index is 5.96. The number of aryl methyl sites for hydroxylation is 2. The number of nitrogens with zero attached hydrogens (tertiary/aromatic N) is 4. The predicted molar refractivity (Wildman–Crippen MR) is 98.1 cm³/mol. The first-order valence-electron chi connectivity index (χ1n) is 8.58. The van der Waals surface area contributed by atoms with Gasteiger partial charge in [-0.1, -0.05) is 12.1 Å². The van der Waals surface area contributed by atoms with Crippen molar-refractivity contribution in [2.24, 2.45) is 7.05 Å². The van der Waals surface area contributed by atoms with Crippen LogP contribution in [0.2, 0.25) is 0 Å². The third-order valence-corrected chi connectivity index (χ3v) is 4.72. The third-order valence-electron chi connectivity index (χ3n) is 4.72. The number of pyridine rings is 1. The second-order valence-corrected chi connectivity index (χ2v) is 6.64. The van der Waals surface area contributed by atoms with Crippen molar-refractivity contribution < 1.29 is 4.74 Å². The van der Waals surface area contributed by atoms with Crippen molar-refractivity contribution in [3.05, 3.63) is 53.6 Å². The molecule has 0 spiro atoms. The Labute approximate surface area is 147 Å². The molecule has 3 aromatic rings. The molecule has 2 aromatic heterocycles. The van der Waals surface area contributed by atoms with Crippen LogP contribution < -0.4 is 5.73 Å². The van der Waals surface area contributed by atoms with Crippen LogP contribution in [0.4, 0.5) is 5.69 Å². The summed E-state index contributed by atoms with van der Waals surface area (Å²) in [4.78, 5) is 11.7. The molecule has 0 aliphatic carbocycles. The number of anilines is 1. The summed E-state index contributed by atoms with van der Waals surface area (Å²) in [7, 11) is 2.07. The van der Waals surface area contributed by atoms with Crippen molar-refractivity contribution in [2.75, 3.05) is 25.4 Å². The number of imidazole rings is 1. The highest BCUT2D eigenvalue weighted by atomic mass is 16.5. The monoisotopic (exact) mass is 337 g/mol. The molecule has 25 heavy (non-hydrogen) atoms. The van der Waals surface area contributed by atoms with Crippen molar-refractivity contribution in [3.8, 4) is 0 Å². The summed E-state index contributed by atoms with van der Waals surface area (Å²) in [6.45, 7) is 5.12. The Hall–Kier alpha value is -2.44. The molecule has 1 fully saturated rings. The number of para-hydroxylation sites is 2. The van der Waals surface area contributed by atoms with Crippen LogP contribution in [0.1, 0.15) is 23.3 Å². The minimum absolute atomic E-state index is 0.0503. The summed E-state index contributed by atoms with van der Waals surface area (Å²) < 4.78 is 8.11. The van der Waals surface area contributed by atoms with Gasteiger partial charge in [0.2, 0.25) is 0 Å². The van der Waals surface area contributed by atoms with Crippen LogP contribution in [0.3, 0.4) is 0 Å². The molecular formula is C19H23N5O. The molecule has 0 unspecified atom stereocenters. The van der Waals surface area contributed by atoms with Crippen LogP contribution in [0.25, 0.3) is 11.0 Å². The van der Waals surface area contributed by atoms with Crippen LogP contribution in [0, 0.1) is 6.92 Å². The molecule has 1 aromatic carbocycles. The van der Waals surface area contributed by atoms with Gasteiger partial charge in [-0.2, -0.15) is 0 Å². The Morgan fingerprint density at radius 1 is 1.24 bits per heavy atom. The van der Waals surface area contributed by atoms with E-state index in [1.165, 1.54) is 0 Å². The topological polar surface area (TPSA) is 69.2 Å². The minimum Gasteiger partial charge on any atom is -0.399 e. The Morgan fingerprint density at radius 2 is 2.08 bits per heavy atom. The van der Waals surface area contributed by atoms with Crippen LogP contribution in [-0.4, -0.2) is 39.1 Å². The van der Waals surface area contributed by atoms with Gasteiger partial charge in [-0.15, -0.1) is 0 Å². The summed E-state index contributed by atoms with van der Waals surface area (Å²) >= 11 is 0. The standard InChI is InChI=1S/C19H23N5O/c1-13-9-14(20)10-16(21-13)18-11-24(7-8-25-18)12-19-22-15-5-3-4-6-17(15)23(19)2/h3-6,9-10,18H,7-8,11-12H2,1-2H3,(H2,20,21)/t18-/m1/s1. The van der Waals surface area contributed by atoms with Crippen LogP contribution >= 0.6 is 0 Å². The van der Waals surface area contributed by atoms with E-state index < -0.39 is 0 Å². The number of nitrogens with two attached hydrogens (primary N) is 1. The van der Waals surface area contributed by atoms with E-state index >= 15 is 0 Å². The average molecular weight is 337 g/mol. The van der Waals surface area contributed by atoms with Crippen LogP contribution in [0.5, 0.6) is 0 Å². The molecule has 0 amide bonds. The molecule has 1 saturated heterocycles. The zero-order valence-electron chi connectivity index (χ0n) is 14.6. The number of rotatable bonds is 3. The number of hydrogen-bond acceptors (Lipinski definition) is 5. The van der Waals surface area contributed by atoms with E-state index in [1.807, 2.05) is 31.2 Å². The van der Waals surface area contributed by atoms with Gasteiger partial charge in [-0.05, 0) is 31.2 Å². The van der Waals surface area contributed by atoms with Crippen molar-refractivity contribution in [1.82, 2.24) is 19.4 Å². The second-order valence-electron chi connectivity index (χ2n) is 6.64. The van der Waals surface area contributed by atoms with E-state index in [4.69, 9.17) is 15.5 Å². The summed E-state index contributed by atoms with van der Waals surface area (Å²) in [5.74, 6) is 1.07. The number of nitrogen functional groups attached to an aromatic ring is 1. The lowest BCUT2D eigenvalue weighted by Crippen LogP contribution is -2.38. The summed E-state index contributed by atoms with van der Waals surface area (Å²) in [6.07, 6.45) is -0.0503. The molecule has 130 valence electrons.